The number of benzene rings is 1. The summed E-state index contributed by atoms with van der Waals surface area (Å²) in [4.78, 5) is 11.2. The van der Waals surface area contributed by atoms with Crippen molar-refractivity contribution in [2.45, 2.75) is 18.6 Å². The maximum Gasteiger partial charge on any atom is 0.229 e. The Hall–Kier alpha value is -2.18. The molecule has 2 aromatic rings. The first-order valence-corrected chi connectivity index (χ1v) is 8.01. The van der Waals surface area contributed by atoms with Crippen LogP contribution in [0.4, 0.5) is 17.5 Å². The maximum atomic E-state index is 5.77. The first-order chi connectivity index (χ1) is 11.3. The number of anilines is 3. The lowest BCUT2D eigenvalue weighted by atomic mass is 10.0. The summed E-state index contributed by atoms with van der Waals surface area (Å²) in [6.45, 7) is 3.17. The molecule has 4 rings (SSSR count). The largest absolute Gasteiger partial charge is 0.356 e. The molecule has 2 fully saturated rings. The molecule has 23 heavy (non-hydrogen) atoms. The molecule has 6 nitrogen and oxygen atoms in total. The molecular weight excluding hydrogens is 292 g/mol. The van der Waals surface area contributed by atoms with Crippen molar-refractivity contribution in [1.82, 2.24) is 9.97 Å². The molecule has 2 aliphatic heterocycles. The second-order valence-corrected chi connectivity index (χ2v) is 5.82. The van der Waals surface area contributed by atoms with Crippen LogP contribution in [0, 0.1) is 0 Å². The van der Waals surface area contributed by atoms with Gasteiger partial charge in [0.25, 0.3) is 0 Å². The smallest absolute Gasteiger partial charge is 0.229 e. The van der Waals surface area contributed by atoms with Crippen LogP contribution in [0.1, 0.15) is 12.8 Å². The van der Waals surface area contributed by atoms with Crippen LogP contribution in [0.2, 0.25) is 0 Å². The Morgan fingerprint density at radius 1 is 1.00 bits per heavy atom. The van der Waals surface area contributed by atoms with Gasteiger partial charge in [-0.2, -0.15) is 4.98 Å². The van der Waals surface area contributed by atoms with Gasteiger partial charge in [-0.05, 0) is 18.2 Å². The minimum absolute atomic E-state index is 0.353. The molecule has 1 spiro atoms. The van der Waals surface area contributed by atoms with Gasteiger partial charge in [0.15, 0.2) is 5.79 Å². The summed E-state index contributed by atoms with van der Waals surface area (Å²) in [5, 5.41) is 3.23. The van der Waals surface area contributed by atoms with Crippen LogP contribution in [0.25, 0.3) is 0 Å². The van der Waals surface area contributed by atoms with Crippen molar-refractivity contribution < 1.29 is 9.47 Å². The molecule has 1 N–H and O–H groups in total. The van der Waals surface area contributed by atoms with Gasteiger partial charge < -0.3 is 19.7 Å². The molecule has 0 atom stereocenters. The van der Waals surface area contributed by atoms with Gasteiger partial charge >= 0.3 is 0 Å². The third-order valence-corrected chi connectivity index (χ3v) is 4.33. The van der Waals surface area contributed by atoms with Crippen molar-refractivity contribution in [2.75, 3.05) is 36.5 Å². The van der Waals surface area contributed by atoms with Crippen LogP contribution in [0.15, 0.2) is 42.6 Å². The van der Waals surface area contributed by atoms with Crippen molar-refractivity contribution in [3.63, 3.8) is 0 Å². The van der Waals surface area contributed by atoms with Crippen LogP contribution in [0.5, 0.6) is 0 Å². The van der Waals surface area contributed by atoms with E-state index in [0.717, 1.165) is 37.4 Å². The average molecular weight is 312 g/mol. The third kappa shape index (κ3) is 3.13. The molecule has 120 valence electrons. The van der Waals surface area contributed by atoms with Gasteiger partial charge in [0, 0.05) is 37.8 Å². The van der Waals surface area contributed by atoms with E-state index in [0.29, 0.717) is 19.2 Å². The first kappa shape index (κ1) is 14.4. The van der Waals surface area contributed by atoms with Gasteiger partial charge in [0.05, 0.1) is 13.2 Å². The molecule has 0 radical (unpaired) electrons. The minimum Gasteiger partial charge on any atom is -0.356 e. The SMILES string of the molecule is c1ccc(Nc2nccc(N3CCC4(CC3)OCCO4)n2)cc1. The number of nitrogens with zero attached hydrogens (tertiary/aromatic N) is 3. The molecule has 2 aliphatic rings. The van der Waals surface area contributed by atoms with Crippen LogP contribution in [-0.2, 0) is 9.47 Å². The van der Waals surface area contributed by atoms with Crippen LogP contribution < -0.4 is 10.2 Å². The van der Waals surface area contributed by atoms with E-state index >= 15 is 0 Å². The van der Waals surface area contributed by atoms with Crippen LogP contribution >= 0.6 is 0 Å². The van der Waals surface area contributed by atoms with E-state index in [4.69, 9.17) is 9.47 Å². The van der Waals surface area contributed by atoms with Crippen molar-refractivity contribution in [2.24, 2.45) is 0 Å². The predicted octanol–water partition coefficient (Wildman–Crippen LogP) is 2.56. The first-order valence-electron chi connectivity index (χ1n) is 8.01. The fraction of sp³-hybridized carbons (Fsp3) is 0.412. The van der Waals surface area contributed by atoms with Gasteiger partial charge in [0.2, 0.25) is 5.95 Å². The molecular formula is C17H20N4O2. The second-order valence-electron chi connectivity index (χ2n) is 5.82. The third-order valence-electron chi connectivity index (χ3n) is 4.33. The summed E-state index contributed by atoms with van der Waals surface area (Å²) in [7, 11) is 0. The lowest BCUT2D eigenvalue weighted by Crippen LogP contribution is -2.45. The molecule has 0 unspecified atom stereocenters. The Morgan fingerprint density at radius 2 is 1.74 bits per heavy atom. The van der Waals surface area contributed by atoms with E-state index in [-0.39, 0.29) is 5.79 Å². The lowest BCUT2D eigenvalue weighted by molar-refractivity contribution is -0.169. The second kappa shape index (κ2) is 6.14. The highest BCUT2D eigenvalue weighted by Crippen LogP contribution is 2.32. The highest BCUT2D eigenvalue weighted by molar-refractivity contribution is 5.54. The summed E-state index contributed by atoms with van der Waals surface area (Å²) >= 11 is 0. The number of piperidine rings is 1. The number of hydrogen-bond donors (Lipinski definition) is 1. The highest BCUT2D eigenvalue weighted by Gasteiger charge is 2.40. The van der Waals surface area contributed by atoms with Crippen molar-refractivity contribution in [1.29, 1.82) is 0 Å². The van der Waals surface area contributed by atoms with Gasteiger partial charge in [-0.3, -0.25) is 0 Å². The number of hydrogen-bond acceptors (Lipinski definition) is 6. The number of nitrogens with one attached hydrogen (secondary N) is 1. The average Bonchev–Trinajstić information content (AvgIpc) is 3.05. The van der Waals surface area contributed by atoms with Gasteiger partial charge in [-0.25, -0.2) is 4.98 Å². The maximum absolute atomic E-state index is 5.77. The number of aromatic nitrogens is 2. The fourth-order valence-corrected chi connectivity index (χ4v) is 3.10. The van der Waals surface area contributed by atoms with Crippen molar-refractivity contribution in [3.05, 3.63) is 42.6 Å². The molecule has 1 aromatic carbocycles. The highest BCUT2D eigenvalue weighted by atomic mass is 16.7. The fourth-order valence-electron chi connectivity index (χ4n) is 3.10. The van der Waals surface area contributed by atoms with E-state index in [1.54, 1.807) is 6.20 Å². The Labute approximate surface area is 135 Å². The number of para-hydroxylation sites is 1. The molecule has 0 aliphatic carbocycles. The van der Waals surface area contributed by atoms with Crippen molar-refractivity contribution >= 4 is 17.5 Å². The zero-order chi connectivity index (χ0) is 15.5. The Balaban J connectivity index is 1.44. The minimum atomic E-state index is -0.353. The van der Waals surface area contributed by atoms with Gasteiger partial charge in [0.1, 0.15) is 5.82 Å². The van der Waals surface area contributed by atoms with Crippen LogP contribution in [-0.4, -0.2) is 42.1 Å². The summed E-state index contributed by atoms with van der Waals surface area (Å²) in [5.41, 5.74) is 0.981. The van der Waals surface area contributed by atoms with Crippen LogP contribution in [0.3, 0.4) is 0 Å². The molecule has 1 aromatic heterocycles. The van der Waals surface area contributed by atoms with E-state index in [9.17, 15) is 0 Å². The summed E-state index contributed by atoms with van der Waals surface area (Å²) in [6, 6.07) is 11.9. The molecule has 2 saturated heterocycles. The van der Waals surface area contributed by atoms with E-state index in [2.05, 4.69) is 20.2 Å². The molecule has 0 saturated carbocycles. The van der Waals surface area contributed by atoms with Crippen molar-refractivity contribution in [3.8, 4) is 0 Å². The Bertz CT molecular complexity index is 649. The van der Waals surface area contributed by atoms with Gasteiger partial charge in [-0.15, -0.1) is 0 Å². The molecule has 3 heterocycles. The quantitative estimate of drug-likeness (QED) is 0.940. The predicted molar refractivity (Wildman–Crippen MR) is 87.8 cm³/mol. The van der Waals surface area contributed by atoms with E-state index < -0.39 is 0 Å². The Kier molecular flexibility index (Phi) is 3.85. The summed E-state index contributed by atoms with van der Waals surface area (Å²) in [6.07, 6.45) is 3.54. The summed E-state index contributed by atoms with van der Waals surface area (Å²) < 4.78 is 11.5. The van der Waals surface area contributed by atoms with E-state index in [1.165, 1.54) is 0 Å². The molecule has 6 heteroatoms. The molecule has 0 amide bonds. The number of rotatable bonds is 3. The van der Waals surface area contributed by atoms with E-state index in [1.807, 2.05) is 36.4 Å². The number of ether oxygens (including phenoxy) is 2. The topological polar surface area (TPSA) is 59.5 Å². The van der Waals surface area contributed by atoms with Gasteiger partial charge in [-0.1, -0.05) is 18.2 Å². The normalized spacial score (nSPS) is 19.9. The molecule has 0 bridgehead atoms. The zero-order valence-electron chi connectivity index (χ0n) is 12.9. The zero-order valence-corrected chi connectivity index (χ0v) is 12.9. The standard InChI is InChI=1S/C17H20N4O2/c1-2-4-14(5-3-1)19-16-18-9-6-15(20-16)21-10-7-17(8-11-21)22-12-13-23-17/h1-6,9H,7-8,10-13H2,(H,18,19,20). The monoisotopic (exact) mass is 312 g/mol. The lowest BCUT2D eigenvalue weighted by Gasteiger charge is -2.38. The summed E-state index contributed by atoms with van der Waals surface area (Å²) in [5.74, 6) is 1.20. The Morgan fingerprint density at radius 3 is 2.48 bits per heavy atom.